The number of carbonyl (C=O) groups excluding carboxylic acids is 2. The normalized spacial score (nSPS) is 7.17. The molecule has 0 aromatic rings. The fraction of sp³-hybridized carbons (Fsp3) is 0.667. The quantitative estimate of drug-likeness (QED) is 0.479. The first kappa shape index (κ1) is 17.1. The molecule has 0 spiro atoms. The van der Waals surface area contributed by atoms with Crippen LogP contribution < -0.4 is 12.3 Å². The summed E-state index contributed by atoms with van der Waals surface area (Å²) in [5.74, 6) is -0.737. The van der Waals surface area contributed by atoms with Gasteiger partial charge < -0.3 is 21.8 Å². The lowest BCUT2D eigenvalue weighted by Crippen LogP contribution is -2.09. The lowest BCUT2D eigenvalue weighted by Gasteiger charge is -2.00. The second-order valence-electron chi connectivity index (χ2n) is 1.68. The van der Waals surface area contributed by atoms with E-state index in [1.165, 1.54) is 13.8 Å². The maximum absolute atomic E-state index is 10.1. The third-order valence-corrected chi connectivity index (χ3v) is 0.694. The van der Waals surface area contributed by atoms with Crippen molar-refractivity contribution in [3.8, 4) is 0 Å². The molecule has 0 radical (unpaired) electrons. The zero-order chi connectivity index (χ0) is 7.98. The molecule has 0 aliphatic rings. The molecule has 0 amide bonds. The summed E-state index contributed by atoms with van der Waals surface area (Å²) in [6, 6.07) is 0. The van der Waals surface area contributed by atoms with Crippen molar-refractivity contribution in [1.82, 2.24) is 12.3 Å². The van der Waals surface area contributed by atoms with Crippen LogP contribution in [0.4, 0.5) is 0 Å². The molecular weight excluding hydrogens is 164 g/mol. The van der Waals surface area contributed by atoms with E-state index in [1.54, 1.807) is 0 Å². The fourth-order valence-electron chi connectivity index (χ4n) is 0.371. The van der Waals surface area contributed by atoms with E-state index in [9.17, 15) is 9.59 Å². The van der Waals surface area contributed by atoms with Gasteiger partial charge in [0.05, 0.1) is 0 Å². The zero-order valence-corrected chi connectivity index (χ0v) is 7.46. The summed E-state index contributed by atoms with van der Waals surface area (Å²) in [7, 11) is 0. The number of carbonyl (C=O) groups is 2. The highest BCUT2D eigenvalue weighted by molar-refractivity contribution is 5.66. The SMILES string of the molecule is CC(=O)OCCOC(C)=O.N.N. The highest BCUT2D eigenvalue weighted by Crippen LogP contribution is 1.79. The molecule has 0 aliphatic heterocycles. The Bertz CT molecular complexity index is 122. The van der Waals surface area contributed by atoms with Gasteiger partial charge in [0.1, 0.15) is 13.2 Å². The molecule has 0 unspecified atom stereocenters. The molecule has 0 aromatic carbocycles. The molecule has 0 aliphatic carbocycles. The first-order valence-electron chi connectivity index (χ1n) is 2.89. The van der Waals surface area contributed by atoms with Crippen LogP contribution in [-0.2, 0) is 19.1 Å². The predicted molar refractivity (Wildman–Crippen MR) is 43.3 cm³/mol. The van der Waals surface area contributed by atoms with Gasteiger partial charge in [0.2, 0.25) is 0 Å². The summed E-state index contributed by atoms with van der Waals surface area (Å²) >= 11 is 0. The molecule has 0 rings (SSSR count). The van der Waals surface area contributed by atoms with Crippen LogP contribution in [0.3, 0.4) is 0 Å². The molecule has 0 bridgehead atoms. The number of rotatable bonds is 3. The van der Waals surface area contributed by atoms with Gasteiger partial charge in [0, 0.05) is 13.8 Å². The van der Waals surface area contributed by atoms with Crippen LogP contribution in [0.1, 0.15) is 13.8 Å². The Morgan fingerprint density at radius 3 is 1.33 bits per heavy atom. The Kier molecular flexibility index (Phi) is 14.0. The Morgan fingerprint density at radius 2 is 1.17 bits per heavy atom. The Hall–Kier alpha value is -1.14. The van der Waals surface area contributed by atoms with Gasteiger partial charge in [-0.25, -0.2) is 0 Å². The third-order valence-electron chi connectivity index (χ3n) is 0.694. The molecule has 74 valence electrons. The topological polar surface area (TPSA) is 123 Å². The minimum absolute atomic E-state index is 0. The van der Waals surface area contributed by atoms with Crippen LogP contribution in [0.5, 0.6) is 0 Å². The molecular formula is C6H16N2O4. The van der Waals surface area contributed by atoms with E-state index >= 15 is 0 Å². The standard InChI is InChI=1S/C6H10O4.2H3N/c1-5(7)9-3-4-10-6(2)8;;/h3-4H2,1-2H3;2*1H3. The summed E-state index contributed by atoms with van der Waals surface area (Å²) in [6.45, 7) is 2.87. The van der Waals surface area contributed by atoms with Crippen molar-refractivity contribution in [1.29, 1.82) is 0 Å². The van der Waals surface area contributed by atoms with Crippen molar-refractivity contribution >= 4 is 11.9 Å². The monoisotopic (exact) mass is 180 g/mol. The Morgan fingerprint density at radius 1 is 0.917 bits per heavy atom. The highest BCUT2D eigenvalue weighted by Gasteiger charge is 1.94. The van der Waals surface area contributed by atoms with Gasteiger partial charge in [0.25, 0.3) is 0 Å². The highest BCUT2D eigenvalue weighted by atomic mass is 16.6. The van der Waals surface area contributed by atoms with Gasteiger partial charge in [-0.15, -0.1) is 0 Å². The number of hydrogen-bond donors (Lipinski definition) is 2. The van der Waals surface area contributed by atoms with Gasteiger partial charge >= 0.3 is 11.9 Å². The van der Waals surface area contributed by atoms with Gasteiger partial charge in [-0.05, 0) is 0 Å². The van der Waals surface area contributed by atoms with E-state index in [0.717, 1.165) is 0 Å². The molecule has 6 N–H and O–H groups in total. The zero-order valence-electron chi connectivity index (χ0n) is 7.46. The van der Waals surface area contributed by atoms with Crippen LogP contribution in [0, 0.1) is 0 Å². The lowest BCUT2D eigenvalue weighted by atomic mass is 10.7. The van der Waals surface area contributed by atoms with Crippen molar-refractivity contribution < 1.29 is 19.1 Å². The smallest absolute Gasteiger partial charge is 0.302 e. The van der Waals surface area contributed by atoms with Crippen LogP contribution in [0.25, 0.3) is 0 Å². The maximum Gasteiger partial charge on any atom is 0.302 e. The third kappa shape index (κ3) is 15.9. The first-order chi connectivity index (χ1) is 4.63. The van der Waals surface area contributed by atoms with Crippen LogP contribution in [0.15, 0.2) is 0 Å². The van der Waals surface area contributed by atoms with E-state index < -0.39 is 0 Å². The van der Waals surface area contributed by atoms with Crippen molar-refractivity contribution in [2.24, 2.45) is 0 Å². The van der Waals surface area contributed by atoms with E-state index in [0.29, 0.717) is 0 Å². The summed E-state index contributed by atoms with van der Waals surface area (Å²) in [4.78, 5) is 20.3. The minimum Gasteiger partial charge on any atom is -0.462 e. The number of esters is 2. The number of hydrogen-bond acceptors (Lipinski definition) is 6. The predicted octanol–water partition coefficient (Wildman–Crippen LogP) is 0.437. The van der Waals surface area contributed by atoms with Gasteiger partial charge in [-0.3, -0.25) is 9.59 Å². The molecule has 0 atom stereocenters. The van der Waals surface area contributed by atoms with E-state index in [2.05, 4.69) is 9.47 Å². The maximum atomic E-state index is 10.1. The van der Waals surface area contributed by atoms with Crippen molar-refractivity contribution in [2.45, 2.75) is 13.8 Å². The summed E-state index contributed by atoms with van der Waals surface area (Å²) in [5, 5.41) is 0. The lowest BCUT2D eigenvalue weighted by molar-refractivity contribution is -0.149. The van der Waals surface area contributed by atoms with E-state index in [1.807, 2.05) is 0 Å². The molecule has 0 aromatic heterocycles. The van der Waals surface area contributed by atoms with Crippen molar-refractivity contribution in [3.63, 3.8) is 0 Å². The first-order valence-corrected chi connectivity index (χ1v) is 2.89. The Balaban J connectivity index is -0.000000405. The molecule has 0 saturated heterocycles. The van der Waals surface area contributed by atoms with Gasteiger partial charge in [0.15, 0.2) is 0 Å². The largest absolute Gasteiger partial charge is 0.462 e. The van der Waals surface area contributed by atoms with Gasteiger partial charge in [-0.2, -0.15) is 0 Å². The second-order valence-corrected chi connectivity index (χ2v) is 1.68. The minimum atomic E-state index is -0.368. The van der Waals surface area contributed by atoms with Crippen LogP contribution in [0.2, 0.25) is 0 Å². The van der Waals surface area contributed by atoms with Crippen molar-refractivity contribution in [2.75, 3.05) is 13.2 Å². The molecule has 12 heavy (non-hydrogen) atoms. The molecule has 6 nitrogen and oxygen atoms in total. The molecule has 0 fully saturated rings. The summed E-state index contributed by atoms with van der Waals surface area (Å²) in [6.07, 6.45) is 0. The average molecular weight is 180 g/mol. The van der Waals surface area contributed by atoms with E-state index in [4.69, 9.17) is 0 Å². The molecule has 0 saturated carbocycles. The summed E-state index contributed by atoms with van der Waals surface area (Å²) in [5.41, 5.74) is 0. The Labute approximate surface area is 71.4 Å². The van der Waals surface area contributed by atoms with E-state index in [-0.39, 0.29) is 37.5 Å². The van der Waals surface area contributed by atoms with Crippen LogP contribution in [-0.4, -0.2) is 25.2 Å². The van der Waals surface area contributed by atoms with Crippen molar-refractivity contribution in [3.05, 3.63) is 0 Å². The molecule has 0 heterocycles. The summed E-state index contributed by atoms with van der Waals surface area (Å²) < 4.78 is 8.95. The van der Waals surface area contributed by atoms with Crippen LogP contribution >= 0.6 is 0 Å². The second kappa shape index (κ2) is 9.86. The van der Waals surface area contributed by atoms with Gasteiger partial charge in [-0.1, -0.05) is 0 Å². The fourth-order valence-corrected chi connectivity index (χ4v) is 0.371. The number of ether oxygens (including phenoxy) is 2. The molecule has 6 heteroatoms. The average Bonchev–Trinajstić information content (AvgIpc) is 1.79.